The van der Waals surface area contributed by atoms with Gasteiger partial charge in [-0.25, -0.2) is 8.78 Å². The number of alkyl halides is 2. The molecular weight excluding hydrogens is 220 g/mol. The molecule has 1 aromatic carbocycles. The summed E-state index contributed by atoms with van der Waals surface area (Å²) in [6, 6.07) is 9.23. The van der Waals surface area contributed by atoms with E-state index < -0.39 is 12.3 Å². The lowest BCUT2D eigenvalue weighted by molar-refractivity contribution is 0.0278. The van der Waals surface area contributed by atoms with Crippen LogP contribution in [0, 0.1) is 11.8 Å². The number of fused-ring (bicyclic) bond motifs is 1. The van der Waals surface area contributed by atoms with Crippen LogP contribution >= 0.6 is 0 Å². The molecule has 17 heavy (non-hydrogen) atoms. The molecule has 1 nitrogen and oxygen atoms in total. The summed E-state index contributed by atoms with van der Waals surface area (Å²) < 4.78 is 25.1. The van der Waals surface area contributed by atoms with Crippen LogP contribution in [0.2, 0.25) is 0 Å². The van der Waals surface area contributed by atoms with E-state index in [1.165, 1.54) is 0 Å². The van der Waals surface area contributed by atoms with Gasteiger partial charge in [0.1, 0.15) is 0 Å². The van der Waals surface area contributed by atoms with Crippen LogP contribution in [0.15, 0.2) is 36.5 Å². The van der Waals surface area contributed by atoms with Crippen LogP contribution in [0.25, 0.3) is 10.9 Å². The van der Waals surface area contributed by atoms with Gasteiger partial charge in [-0.3, -0.25) is 4.98 Å². The van der Waals surface area contributed by atoms with Crippen LogP contribution in [-0.4, -0.2) is 10.9 Å². The van der Waals surface area contributed by atoms with Crippen LogP contribution < -0.4 is 0 Å². The fraction of sp³-hybridized carbons (Fsp3) is 0.214. The molecule has 86 valence electrons. The Kier molecular flexibility index (Phi) is 3.06. The summed E-state index contributed by atoms with van der Waals surface area (Å²) in [4.78, 5) is 4.17. The van der Waals surface area contributed by atoms with E-state index in [9.17, 15) is 8.78 Å². The van der Waals surface area contributed by atoms with Crippen molar-refractivity contribution in [3.63, 3.8) is 0 Å². The van der Waals surface area contributed by atoms with E-state index in [4.69, 9.17) is 0 Å². The lowest BCUT2D eigenvalue weighted by Crippen LogP contribution is -2.06. The van der Waals surface area contributed by atoms with Crippen molar-refractivity contribution in [1.82, 2.24) is 4.98 Å². The highest BCUT2D eigenvalue weighted by molar-refractivity contribution is 5.79. The van der Waals surface area contributed by atoms with Crippen molar-refractivity contribution in [2.45, 2.75) is 19.3 Å². The van der Waals surface area contributed by atoms with E-state index in [1.807, 2.05) is 24.3 Å². The normalized spacial score (nSPS) is 11.0. The number of benzene rings is 1. The van der Waals surface area contributed by atoms with Gasteiger partial charge < -0.3 is 0 Å². The molecule has 0 radical (unpaired) electrons. The van der Waals surface area contributed by atoms with Gasteiger partial charge in [0.05, 0.1) is 11.9 Å². The molecular formula is C14H11F2N. The maximum absolute atomic E-state index is 12.6. The predicted molar refractivity (Wildman–Crippen MR) is 63.9 cm³/mol. The molecule has 0 unspecified atom stereocenters. The number of rotatable bonds is 1. The smallest absolute Gasteiger partial charge is 0.256 e. The molecule has 0 N–H and O–H groups in total. The summed E-state index contributed by atoms with van der Waals surface area (Å²) in [5.74, 6) is 2.49. The van der Waals surface area contributed by atoms with E-state index in [0.29, 0.717) is 0 Å². The maximum Gasteiger partial charge on any atom is 0.256 e. The topological polar surface area (TPSA) is 12.9 Å². The highest BCUT2D eigenvalue weighted by Gasteiger charge is 2.18. The van der Waals surface area contributed by atoms with E-state index in [-0.39, 0.29) is 0 Å². The zero-order valence-corrected chi connectivity index (χ0v) is 9.37. The Morgan fingerprint density at radius 1 is 1.29 bits per heavy atom. The first-order chi connectivity index (χ1) is 8.04. The average molecular weight is 231 g/mol. The van der Waals surface area contributed by atoms with Gasteiger partial charge in [-0.05, 0) is 24.3 Å². The highest BCUT2D eigenvalue weighted by atomic mass is 19.3. The van der Waals surface area contributed by atoms with E-state index in [1.54, 1.807) is 12.3 Å². The van der Waals surface area contributed by atoms with Crippen LogP contribution in [0.5, 0.6) is 0 Å². The summed E-state index contributed by atoms with van der Waals surface area (Å²) >= 11 is 0. The third-order valence-electron chi connectivity index (χ3n) is 2.23. The van der Waals surface area contributed by atoms with Gasteiger partial charge in [-0.1, -0.05) is 17.9 Å². The standard InChI is InChI=1S/C14H11F2N/c1-14(15,16)8-2-4-11-6-7-13-12(10-11)5-3-9-17-13/h3,5-7,9-10H,8H2,1H3. The molecule has 0 aliphatic heterocycles. The lowest BCUT2D eigenvalue weighted by Gasteiger charge is -2.02. The van der Waals surface area contributed by atoms with Crippen LogP contribution in [0.3, 0.4) is 0 Å². The SMILES string of the molecule is CC(F)(F)CC#Cc1ccc2ncccc2c1. The molecule has 1 aromatic heterocycles. The monoisotopic (exact) mass is 231 g/mol. The largest absolute Gasteiger partial charge is 0.256 e. The Balaban J connectivity index is 2.25. The Hall–Kier alpha value is -1.95. The third-order valence-corrected chi connectivity index (χ3v) is 2.23. The number of nitrogens with zero attached hydrogens (tertiary/aromatic N) is 1. The molecule has 1 heterocycles. The molecule has 3 heteroatoms. The molecule has 0 saturated carbocycles. The van der Waals surface area contributed by atoms with Crippen molar-refractivity contribution < 1.29 is 8.78 Å². The summed E-state index contributed by atoms with van der Waals surface area (Å²) in [6.07, 6.45) is 1.30. The molecule has 2 aromatic rings. The molecule has 0 aliphatic carbocycles. The van der Waals surface area contributed by atoms with E-state index in [2.05, 4.69) is 16.8 Å². The molecule has 0 atom stereocenters. The molecule has 0 fully saturated rings. The van der Waals surface area contributed by atoms with Crippen molar-refractivity contribution in [1.29, 1.82) is 0 Å². The van der Waals surface area contributed by atoms with Gasteiger partial charge in [0, 0.05) is 24.1 Å². The molecule has 0 spiro atoms. The Morgan fingerprint density at radius 3 is 2.88 bits per heavy atom. The Labute approximate surface area is 98.5 Å². The Bertz CT molecular complexity index is 588. The third kappa shape index (κ3) is 3.25. The number of halogens is 2. The first kappa shape index (κ1) is 11.5. The first-order valence-corrected chi connectivity index (χ1v) is 5.26. The zero-order chi connectivity index (χ0) is 12.3. The van der Waals surface area contributed by atoms with Gasteiger partial charge in [-0.15, -0.1) is 0 Å². The van der Waals surface area contributed by atoms with Crippen LogP contribution in [0.4, 0.5) is 8.78 Å². The average Bonchev–Trinajstić information content (AvgIpc) is 2.27. The number of hydrogen-bond donors (Lipinski definition) is 0. The van der Waals surface area contributed by atoms with Crippen LogP contribution in [0.1, 0.15) is 18.9 Å². The second-order valence-electron chi connectivity index (χ2n) is 3.96. The number of hydrogen-bond acceptors (Lipinski definition) is 1. The van der Waals surface area contributed by atoms with Crippen molar-refractivity contribution in [2.75, 3.05) is 0 Å². The highest BCUT2D eigenvalue weighted by Crippen LogP contribution is 2.16. The summed E-state index contributed by atoms with van der Waals surface area (Å²) in [5, 5.41) is 0.961. The minimum atomic E-state index is -2.73. The molecule has 0 saturated heterocycles. The van der Waals surface area contributed by atoms with Gasteiger partial charge in [-0.2, -0.15) is 0 Å². The minimum absolute atomic E-state index is 0.419. The first-order valence-electron chi connectivity index (χ1n) is 5.26. The summed E-state index contributed by atoms with van der Waals surface area (Å²) in [5.41, 5.74) is 1.61. The quantitative estimate of drug-likeness (QED) is 0.683. The molecule has 0 bridgehead atoms. The second kappa shape index (κ2) is 4.50. The van der Waals surface area contributed by atoms with Gasteiger partial charge in [0.15, 0.2) is 0 Å². The second-order valence-corrected chi connectivity index (χ2v) is 3.96. The van der Waals surface area contributed by atoms with Gasteiger partial charge in [0.25, 0.3) is 5.92 Å². The van der Waals surface area contributed by atoms with Gasteiger partial charge in [0.2, 0.25) is 0 Å². The minimum Gasteiger partial charge on any atom is -0.256 e. The van der Waals surface area contributed by atoms with Crippen molar-refractivity contribution in [3.05, 3.63) is 42.1 Å². The van der Waals surface area contributed by atoms with E-state index >= 15 is 0 Å². The van der Waals surface area contributed by atoms with Gasteiger partial charge >= 0.3 is 0 Å². The fourth-order valence-corrected chi connectivity index (χ4v) is 1.45. The van der Waals surface area contributed by atoms with Crippen molar-refractivity contribution in [3.8, 4) is 11.8 Å². The summed E-state index contributed by atoms with van der Waals surface area (Å²) in [7, 11) is 0. The predicted octanol–water partition coefficient (Wildman–Crippen LogP) is 3.63. The molecule has 0 amide bonds. The number of pyridine rings is 1. The number of aromatic nitrogens is 1. The fourth-order valence-electron chi connectivity index (χ4n) is 1.45. The van der Waals surface area contributed by atoms with Crippen LogP contribution in [-0.2, 0) is 0 Å². The lowest BCUT2D eigenvalue weighted by atomic mass is 10.1. The maximum atomic E-state index is 12.6. The summed E-state index contributed by atoms with van der Waals surface area (Å²) in [6.45, 7) is 0.867. The molecule has 0 aliphatic rings. The molecule has 2 rings (SSSR count). The Morgan fingerprint density at radius 2 is 2.12 bits per heavy atom. The zero-order valence-electron chi connectivity index (χ0n) is 9.37. The van der Waals surface area contributed by atoms with Crippen molar-refractivity contribution in [2.24, 2.45) is 0 Å². The van der Waals surface area contributed by atoms with E-state index in [0.717, 1.165) is 23.4 Å². The van der Waals surface area contributed by atoms with Crippen molar-refractivity contribution >= 4 is 10.9 Å².